The molecule has 0 heterocycles. The third-order valence-corrected chi connectivity index (χ3v) is 12.4. The smallest absolute Gasteiger partial charge is 0.324 e. The number of carboxylic acids is 1. The number of hydrogen-bond acceptors (Lipinski definition) is 12. The van der Waals surface area contributed by atoms with Crippen LogP contribution in [-0.4, -0.2) is 109 Å². The summed E-state index contributed by atoms with van der Waals surface area (Å²) in [5, 5.41) is 19.5. The van der Waals surface area contributed by atoms with Crippen LogP contribution in [0, 0.1) is 0 Å². The van der Waals surface area contributed by atoms with E-state index in [0.29, 0.717) is 17.4 Å². The third-order valence-electron chi connectivity index (χ3n) is 10.0. The molecule has 0 aliphatic heterocycles. The van der Waals surface area contributed by atoms with E-state index < -0.39 is 62.4 Å². The monoisotopic (exact) mass is 943 g/mol. The van der Waals surface area contributed by atoms with Gasteiger partial charge in [-0.15, -0.1) is 11.8 Å². The van der Waals surface area contributed by atoms with Gasteiger partial charge in [-0.25, -0.2) is 0 Å². The molecule has 0 spiro atoms. The first-order chi connectivity index (χ1) is 30.6. The number of thioether (sulfide) groups is 1. The fourth-order valence-electron chi connectivity index (χ4n) is 6.07. The van der Waals surface area contributed by atoms with Gasteiger partial charge in [-0.2, -0.15) is 0 Å². The molecule has 0 aromatic rings. The molecule has 0 aliphatic carbocycles. The average molecular weight is 943 g/mol. The van der Waals surface area contributed by atoms with Crippen LogP contribution in [0.3, 0.4) is 0 Å². The van der Waals surface area contributed by atoms with Crippen LogP contribution < -0.4 is 10.6 Å². The van der Waals surface area contributed by atoms with Gasteiger partial charge in [-0.05, 0) is 64.2 Å². The number of phosphoric ester groups is 1. The average Bonchev–Trinajstić information content (AvgIpc) is 3.23. The SMILES string of the molecule is CCCCC/C=C\C\C=C/C=C/C=C/[C@@H](SC[C@H](N)C(=O)O[C@H](COC(=O)CCCCCCCCC/C=C\CCCCCC)COP(=O)([O-])OCC[N+](C)(C)C)[C@@H](O)CCCC(=O)O. The number of rotatable bonds is 43. The number of likely N-dealkylation sites (N-methyl/N-ethyl adjacent to an activating group) is 1. The number of ether oxygens (including phenoxy) is 2. The zero-order valence-corrected chi connectivity index (χ0v) is 41.8. The molecule has 1 unspecified atom stereocenters. The molecule has 0 radical (unpaired) electrons. The van der Waals surface area contributed by atoms with Gasteiger partial charge in [0.15, 0.2) is 6.10 Å². The van der Waals surface area contributed by atoms with E-state index in [1.54, 1.807) is 12.2 Å². The maximum absolute atomic E-state index is 13.2. The number of phosphoric acid groups is 1. The van der Waals surface area contributed by atoms with Crippen molar-refractivity contribution in [2.45, 2.75) is 179 Å². The van der Waals surface area contributed by atoms with Crippen LogP contribution in [0.15, 0.2) is 60.8 Å². The molecule has 0 saturated carbocycles. The van der Waals surface area contributed by atoms with Crippen molar-refractivity contribution in [1.29, 1.82) is 0 Å². The molecule has 370 valence electrons. The Morgan fingerprint density at radius 3 is 1.95 bits per heavy atom. The zero-order valence-electron chi connectivity index (χ0n) is 40.1. The number of nitrogens with zero attached hydrogens (tertiary/aromatic N) is 1. The highest BCUT2D eigenvalue weighted by Gasteiger charge is 2.26. The van der Waals surface area contributed by atoms with Crippen molar-refractivity contribution < 1.29 is 57.1 Å². The van der Waals surface area contributed by atoms with Gasteiger partial charge in [-0.3, -0.25) is 18.9 Å². The molecule has 0 aromatic heterocycles. The lowest BCUT2D eigenvalue weighted by Gasteiger charge is -2.28. The van der Waals surface area contributed by atoms with Crippen LogP contribution in [0.1, 0.15) is 155 Å². The first-order valence-electron chi connectivity index (χ1n) is 23.9. The van der Waals surface area contributed by atoms with E-state index in [4.69, 9.17) is 29.4 Å². The topological polar surface area (TPSA) is 195 Å². The summed E-state index contributed by atoms with van der Waals surface area (Å²) >= 11 is 1.20. The number of unbranched alkanes of at least 4 members (excludes halogenated alkanes) is 14. The Bertz CT molecular complexity index is 1400. The van der Waals surface area contributed by atoms with Gasteiger partial charge in [0.25, 0.3) is 7.82 Å². The van der Waals surface area contributed by atoms with Crippen molar-refractivity contribution in [2.75, 3.05) is 53.3 Å². The first-order valence-corrected chi connectivity index (χ1v) is 26.4. The van der Waals surface area contributed by atoms with Crippen molar-refractivity contribution in [3.8, 4) is 0 Å². The van der Waals surface area contributed by atoms with Gasteiger partial charge in [0.2, 0.25) is 0 Å². The van der Waals surface area contributed by atoms with Gasteiger partial charge in [-0.1, -0.05) is 139 Å². The van der Waals surface area contributed by atoms with Crippen LogP contribution in [0.5, 0.6) is 0 Å². The lowest BCUT2D eigenvalue weighted by molar-refractivity contribution is -0.870. The summed E-state index contributed by atoms with van der Waals surface area (Å²) in [5.74, 6) is -2.33. The molecule has 0 fully saturated rings. The maximum Gasteiger partial charge on any atom is 0.324 e. The predicted octanol–water partition coefficient (Wildman–Crippen LogP) is 9.93. The van der Waals surface area contributed by atoms with E-state index in [0.717, 1.165) is 44.9 Å². The second-order valence-electron chi connectivity index (χ2n) is 17.3. The number of carbonyl (C=O) groups excluding carboxylic acids is 2. The van der Waals surface area contributed by atoms with Crippen molar-refractivity contribution in [1.82, 2.24) is 0 Å². The van der Waals surface area contributed by atoms with E-state index >= 15 is 0 Å². The van der Waals surface area contributed by atoms with Crippen molar-refractivity contribution in [3.05, 3.63) is 60.8 Å². The number of aliphatic hydroxyl groups excluding tert-OH is 1. The zero-order chi connectivity index (χ0) is 47.7. The molecular weight excluding hydrogens is 856 g/mol. The second-order valence-corrected chi connectivity index (χ2v) is 19.9. The maximum atomic E-state index is 13.2. The Labute approximate surface area is 391 Å². The van der Waals surface area contributed by atoms with Gasteiger partial charge in [0, 0.05) is 23.8 Å². The fraction of sp³-hybridized carbons (Fsp3) is 0.735. The Balaban J connectivity index is 5.25. The molecule has 0 aromatic carbocycles. The largest absolute Gasteiger partial charge is 0.756 e. The van der Waals surface area contributed by atoms with Crippen LogP contribution in [0.25, 0.3) is 0 Å². The van der Waals surface area contributed by atoms with Crippen LogP contribution in [0.4, 0.5) is 0 Å². The highest BCUT2D eigenvalue weighted by atomic mass is 32.2. The molecule has 64 heavy (non-hydrogen) atoms. The van der Waals surface area contributed by atoms with E-state index in [-0.39, 0.29) is 38.0 Å². The number of quaternary nitrogens is 1. The lowest BCUT2D eigenvalue weighted by atomic mass is 10.1. The molecule has 15 heteroatoms. The van der Waals surface area contributed by atoms with Crippen LogP contribution in [-0.2, 0) is 37.5 Å². The van der Waals surface area contributed by atoms with E-state index in [9.17, 15) is 28.9 Å². The lowest BCUT2D eigenvalue weighted by Crippen LogP contribution is -2.40. The number of nitrogens with two attached hydrogens (primary N) is 1. The number of carbonyl (C=O) groups is 3. The van der Waals surface area contributed by atoms with Gasteiger partial charge < -0.3 is 43.8 Å². The summed E-state index contributed by atoms with van der Waals surface area (Å²) in [7, 11) is 0.858. The minimum atomic E-state index is -4.79. The Morgan fingerprint density at radius 2 is 1.31 bits per heavy atom. The highest BCUT2D eigenvalue weighted by molar-refractivity contribution is 8.00. The highest BCUT2D eigenvalue weighted by Crippen LogP contribution is 2.38. The van der Waals surface area contributed by atoms with Crippen LogP contribution >= 0.6 is 19.6 Å². The van der Waals surface area contributed by atoms with E-state index in [2.05, 4.69) is 38.2 Å². The normalized spacial score (nSPS) is 15.4. The molecule has 0 aliphatic rings. The number of esters is 2. The number of aliphatic hydroxyl groups is 1. The van der Waals surface area contributed by atoms with Gasteiger partial charge in [0.1, 0.15) is 25.8 Å². The van der Waals surface area contributed by atoms with E-state index in [1.807, 2.05) is 45.4 Å². The fourth-order valence-corrected chi connectivity index (χ4v) is 7.93. The number of allylic oxidation sites excluding steroid dienone is 9. The molecule has 4 N–H and O–H groups in total. The summed E-state index contributed by atoms with van der Waals surface area (Å²) < 4.78 is 34.0. The summed E-state index contributed by atoms with van der Waals surface area (Å²) in [6.07, 6.45) is 38.6. The molecule has 0 amide bonds. The van der Waals surface area contributed by atoms with Crippen LogP contribution in [0.2, 0.25) is 0 Å². The van der Waals surface area contributed by atoms with Crippen molar-refractivity contribution in [2.24, 2.45) is 5.73 Å². The minimum absolute atomic E-state index is 0.00978. The van der Waals surface area contributed by atoms with Crippen molar-refractivity contribution in [3.63, 3.8) is 0 Å². The second kappa shape index (κ2) is 40.7. The number of aliphatic carboxylic acids is 1. The molecular formula is C49H87N2O11PS. The van der Waals surface area contributed by atoms with Gasteiger partial charge >= 0.3 is 17.9 Å². The molecule has 0 rings (SSSR count). The summed E-state index contributed by atoms with van der Waals surface area (Å²) in [6.45, 7) is 3.59. The molecule has 13 nitrogen and oxygen atoms in total. The number of hydrogen-bond donors (Lipinski definition) is 3. The Hall–Kier alpha value is -2.55. The quantitative estimate of drug-likeness (QED) is 0.0131. The molecule has 5 atom stereocenters. The van der Waals surface area contributed by atoms with E-state index in [1.165, 1.54) is 76.0 Å². The Kier molecular flexibility index (Phi) is 39.1. The standard InChI is InChI=1S/C49H87N2O11PS/c1-6-8-10-12-14-16-18-20-21-22-24-26-28-30-32-37-48(55)59-40-43(41-61-63(57,58)60-39-38-51(3,4)5)62-49(56)44(50)42-64-46(45(52)34-33-36-47(53)54)35-31-29-27-25-23-19-17-15-13-11-9-7-2/h15-18,23,25,27,29,31,35,43-46,52H,6-14,19-22,24,26,28,30,32-34,36-42,50H2,1-5H3,(H-,53,54,57,58)/b17-15-,18-16-,25-23-,29-27+,35-31+/t43-,44+,45+,46-/m1/s1. The third kappa shape index (κ3) is 40.9. The summed E-state index contributed by atoms with van der Waals surface area (Å²) in [6, 6.07) is -1.20. The Morgan fingerprint density at radius 1 is 0.734 bits per heavy atom. The summed E-state index contributed by atoms with van der Waals surface area (Å²) in [4.78, 5) is 49.5. The summed E-state index contributed by atoms with van der Waals surface area (Å²) in [5.41, 5.74) is 6.23. The molecule has 0 saturated heterocycles. The minimum Gasteiger partial charge on any atom is -0.756 e. The van der Waals surface area contributed by atoms with Crippen molar-refractivity contribution >= 4 is 37.5 Å². The predicted molar refractivity (Wildman–Crippen MR) is 260 cm³/mol. The van der Waals surface area contributed by atoms with Gasteiger partial charge in [0.05, 0.1) is 33.9 Å². The molecule has 0 bridgehead atoms. The first kappa shape index (κ1) is 61.5. The number of carboxylic acid groups (broad SMARTS) is 1.